The smallest absolute Gasteiger partial charge is 0.191 e. The summed E-state index contributed by atoms with van der Waals surface area (Å²) in [5, 5.41) is 9.10. The minimum Gasteiger partial charge on any atom is -0.384 e. The number of methoxy groups -OCH3 is 1. The van der Waals surface area contributed by atoms with Gasteiger partial charge in [0.15, 0.2) is 5.16 Å². The fourth-order valence-corrected chi connectivity index (χ4v) is 2.27. The van der Waals surface area contributed by atoms with Crippen LogP contribution in [-0.2, 0) is 11.3 Å². The van der Waals surface area contributed by atoms with Crippen LogP contribution in [0.25, 0.3) is 0 Å². The van der Waals surface area contributed by atoms with Crippen LogP contribution >= 0.6 is 11.8 Å². The number of hydrogen-bond donors (Lipinski definition) is 1. The van der Waals surface area contributed by atoms with E-state index in [1.807, 2.05) is 0 Å². The molecule has 1 rings (SSSR count). The molecular weight excluding hydrogens is 212 g/mol. The van der Waals surface area contributed by atoms with E-state index in [4.69, 9.17) is 10.5 Å². The molecule has 0 spiro atoms. The quantitative estimate of drug-likeness (QED) is 0.584. The maximum absolute atomic E-state index is 5.60. The average molecular weight is 230 g/mol. The molecule has 5 nitrogen and oxygen atoms in total. The molecule has 0 atom stereocenters. The highest BCUT2D eigenvalue weighted by molar-refractivity contribution is 7.99. The van der Waals surface area contributed by atoms with Gasteiger partial charge in [0.2, 0.25) is 0 Å². The van der Waals surface area contributed by atoms with Crippen LogP contribution in [0.3, 0.4) is 0 Å². The van der Waals surface area contributed by atoms with Gasteiger partial charge < -0.3 is 15.0 Å². The van der Waals surface area contributed by atoms with Crippen LogP contribution in [0, 0.1) is 0 Å². The van der Waals surface area contributed by atoms with Gasteiger partial charge in [0, 0.05) is 18.9 Å². The van der Waals surface area contributed by atoms with E-state index in [1.165, 1.54) is 0 Å². The van der Waals surface area contributed by atoms with Gasteiger partial charge in [-0.25, -0.2) is 0 Å². The van der Waals surface area contributed by atoms with Gasteiger partial charge in [-0.2, -0.15) is 0 Å². The van der Waals surface area contributed by atoms with Crippen molar-refractivity contribution < 1.29 is 4.74 Å². The summed E-state index contributed by atoms with van der Waals surface area (Å²) in [4.78, 5) is 0. The second-order valence-electron chi connectivity index (χ2n) is 3.41. The Kier molecular flexibility index (Phi) is 5.07. The first-order valence-corrected chi connectivity index (χ1v) is 5.94. The molecule has 0 aliphatic carbocycles. The van der Waals surface area contributed by atoms with Crippen LogP contribution < -0.4 is 5.73 Å². The zero-order valence-electron chi connectivity index (χ0n) is 9.43. The van der Waals surface area contributed by atoms with E-state index >= 15 is 0 Å². The molecule has 0 aliphatic heterocycles. The van der Waals surface area contributed by atoms with Crippen LogP contribution in [-0.4, -0.2) is 34.2 Å². The monoisotopic (exact) mass is 230 g/mol. The van der Waals surface area contributed by atoms with E-state index in [9.17, 15) is 0 Å². The number of nitrogens with two attached hydrogens (primary N) is 1. The highest BCUT2D eigenvalue weighted by Gasteiger charge is 2.13. The van der Waals surface area contributed by atoms with Crippen LogP contribution in [0.15, 0.2) is 5.16 Å². The Hall–Kier alpha value is -0.590. The van der Waals surface area contributed by atoms with Crippen molar-refractivity contribution >= 4 is 11.8 Å². The van der Waals surface area contributed by atoms with Gasteiger partial charge in [0.1, 0.15) is 5.82 Å². The Morgan fingerprint density at radius 2 is 2.20 bits per heavy atom. The number of hydrogen-bond acceptors (Lipinski definition) is 5. The molecule has 1 aromatic rings. The second-order valence-corrected chi connectivity index (χ2v) is 4.47. The first-order valence-electron chi connectivity index (χ1n) is 4.96. The Balaban J connectivity index is 2.73. The molecule has 2 N–H and O–H groups in total. The van der Waals surface area contributed by atoms with E-state index in [0.717, 1.165) is 16.7 Å². The average Bonchev–Trinajstić information content (AvgIpc) is 2.61. The van der Waals surface area contributed by atoms with Gasteiger partial charge in [-0.15, -0.1) is 10.2 Å². The van der Waals surface area contributed by atoms with E-state index < -0.39 is 0 Å². The zero-order valence-corrected chi connectivity index (χ0v) is 10.3. The number of nitrogens with zero attached hydrogens (tertiary/aromatic N) is 3. The summed E-state index contributed by atoms with van der Waals surface area (Å²) in [6.45, 7) is 5.34. The molecule has 0 bridgehead atoms. The van der Waals surface area contributed by atoms with Crippen molar-refractivity contribution in [3.8, 4) is 0 Å². The zero-order chi connectivity index (χ0) is 11.3. The van der Waals surface area contributed by atoms with Gasteiger partial charge in [-0.3, -0.25) is 0 Å². The predicted molar refractivity (Wildman–Crippen MR) is 60.9 cm³/mol. The highest BCUT2D eigenvalue weighted by Crippen LogP contribution is 2.20. The van der Waals surface area contributed by atoms with Crippen LogP contribution in [0.4, 0.5) is 0 Å². The lowest BCUT2D eigenvalue weighted by Gasteiger charge is -2.12. The minimum absolute atomic E-state index is 0.337. The van der Waals surface area contributed by atoms with E-state index in [1.54, 1.807) is 18.9 Å². The molecule has 1 heterocycles. The van der Waals surface area contributed by atoms with Crippen molar-refractivity contribution in [3.63, 3.8) is 0 Å². The van der Waals surface area contributed by atoms with Crippen molar-refractivity contribution in [2.24, 2.45) is 5.73 Å². The third kappa shape index (κ3) is 3.19. The summed E-state index contributed by atoms with van der Waals surface area (Å²) in [7, 11) is 1.69. The summed E-state index contributed by atoms with van der Waals surface area (Å²) in [6.07, 6.45) is 0. The number of thioether (sulfide) groups is 1. The molecule has 15 heavy (non-hydrogen) atoms. The normalized spacial score (nSPS) is 11.3. The van der Waals surface area contributed by atoms with Crippen molar-refractivity contribution in [2.75, 3.05) is 19.5 Å². The fraction of sp³-hybridized carbons (Fsp3) is 0.778. The maximum Gasteiger partial charge on any atom is 0.191 e. The van der Waals surface area contributed by atoms with Gasteiger partial charge in [-0.1, -0.05) is 11.8 Å². The molecule has 0 radical (unpaired) electrons. The highest BCUT2D eigenvalue weighted by atomic mass is 32.2. The summed E-state index contributed by atoms with van der Waals surface area (Å²) in [5.74, 6) is 1.72. The molecule has 6 heteroatoms. The largest absolute Gasteiger partial charge is 0.384 e. The minimum atomic E-state index is 0.337. The standard InChI is InChI=1S/C9H18N4OS/c1-7(2)13-8(6-10)11-12-9(13)15-5-4-14-3/h7H,4-6,10H2,1-3H3. The summed E-state index contributed by atoms with van der Waals surface area (Å²) in [5.41, 5.74) is 5.60. The Bertz CT molecular complexity index is 300. The molecule has 0 unspecified atom stereocenters. The summed E-state index contributed by atoms with van der Waals surface area (Å²) >= 11 is 1.64. The predicted octanol–water partition coefficient (Wildman–Crippen LogP) is 1.06. The second kappa shape index (κ2) is 6.09. The van der Waals surface area contributed by atoms with Crippen LogP contribution in [0.5, 0.6) is 0 Å². The van der Waals surface area contributed by atoms with Crippen molar-refractivity contribution in [1.29, 1.82) is 0 Å². The van der Waals surface area contributed by atoms with Crippen LogP contribution in [0.2, 0.25) is 0 Å². The lowest BCUT2D eigenvalue weighted by Crippen LogP contribution is -2.11. The lowest BCUT2D eigenvalue weighted by molar-refractivity contribution is 0.218. The molecule has 86 valence electrons. The van der Waals surface area contributed by atoms with Crippen molar-refractivity contribution in [3.05, 3.63) is 5.82 Å². The van der Waals surface area contributed by atoms with Crippen LogP contribution in [0.1, 0.15) is 25.7 Å². The molecule has 0 saturated heterocycles. The number of ether oxygens (including phenoxy) is 1. The molecule has 0 aromatic carbocycles. The van der Waals surface area contributed by atoms with Gasteiger partial charge in [-0.05, 0) is 13.8 Å². The Morgan fingerprint density at radius 3 is 2.73 bits per heavy atom. The molecule has 0 fully saturated rings. The summed E-state index contributed by atoms with van der Waals surface area (Å²) < 4.78 is 7.06. The third-order valence-corrected chi connectivity index (χ3v) is 2.86. The molecule has 1 aromatic heterocycles. The van der Waals surface area contributed by atoms with E-state index in [-0.39, 0.29) is 0 Å². The Labute approximate surface area is 94.4 Å². The van der Waals surface area contributed by atoms with Gasteiger partial charge in [0.25, 0.3) is 0 Å². The molecule has 0 amide bonds. The van der Waals surface area contributed by atoms with Crippen molar-refractivity contribution in [2.45, 2.75) is 31.6 Å². The van der Waals surface area contributed by atoms with Crippen molar-refractivity contribution in [1.82, 2.24) is 14.8 Å². The number of aromatic nitrogens is 3. The van der Waals surface area contributed by atoms with E-state index in [2.05, 4.69) is 28.6 Å². The van der Waals surface area contributed by atoms with Gasteiger partial charge in [0.05, 0.1) is 13.2 Å². The lowest BCUT2D eigenvalue weighted by atomic mass is 10.4. The van der Waals surface area contributed by atoms with Gasteiger partial charge >= 0.3 is 0 Å². The number of rotatable bonds is 6. The molecule has 0 saturated carbocycles. The maximum atomic E-state index is 5.60. The first-order chi connectivity index (χ1) is 7.20. The fourth-order valence-electron chi connectivity index (χ4n) is 1.28. The third-order valence-electron chi connectivity index (χ3n) is 1.95. The Morgan fingerprint density at radius 1 is 1.47 bits per heavy atom. The topological polar surface area (TPSA) is 66.0 Å². The van der Waals surface area contributed by atoms with E-state index in [0.29, 0.717) is 19.2 Å². The molecular formula is C9H18N4OS. The summed E-state index contributed by atoms with van der Waals surface area (Å²) in [6, 6.07) is 0.337. The first kappa shape index (κ1) is 12.5. The molecule has 0 aliphatic rings. The SMILES string of the molecule is COCCSc1nnc(CN)n1C(C)C.